The standard InChI is InChI=1S/C26H31FN4O2S/c1-29(2)23-12-8-21(9-13-23)26(20-28-34(32,33)25-6-4-3-5-7-25)31-18-16-30(17-19-31)24-14-10-22(27)11-15-24/h3-15,26,28H,16-20H2,1-2H3. The Bertz CT molecular complexity index is 1160. The zero-order chi connectivity index (χ0) is 24.1. The quantitative estimate of drug-likeness (QED) is 0.530. The predicted molar refractivity (Wildman–Crippen MR) is 135 cm³/mol. The van der Waals surface area contributed by atoms with Crippen molar-refractivity contribution < 1.29 is 12.8 Å². The van der Waals surface area contributed by atoms with Crippen molar-refractivity contribution in [1.82, 2.24) is 9.62 Å². The minimum atomic E-state index is -3.61. The van der Waals surface area contributed by atoms with Crippen molar-refractivity contribution in [2.45, 2.75) is 10.9 Å². The molecule has 0 bridgehead atoms. The fourth-order valence-corrected chi connectivity index (χ4v) is 5.33. The summed E-state index contributed by atoms with van der Waals surface area (Å²) in [5.74, 6) is -0.241. The molecule has 3 aromatic carbocycles. The highest BCUT2D eigenvalue weighted by molar-refractivity contribution is 7.89. The topological polar surface area (TPSA) is 55.9 Å². The van der Waals surface area contributed by atoms with E-state index in [1.54, 1.807) is 42.5 Å². The molecule has 6 nitrogen and oxygen atoms in total. The Labute approximate surface area is 201 Å². The molecule has 0 amide bonds. The smallest absolute Gasteiger partial charge is 0.240 e. The lowest BCUT2D eigenvalue weighted by molar-refractivity contribution is 0.187. The summed E-state index contributed by atoms with van der Waals surface area (Å²) in [6, 6.07) is 23.2. The van der Waals surface area contributed by atoms with Gasteiger partial charge in [-0.25, -0.2) is 17.5 Å². The second-order valence-electron chi connectivity index (χ2n) is 8.67. The van der Waals surface area contributed by atoms with Crippen LogP contribution in [0.3, 0.4) is 0 Å². The van der Waals surface area contributed by atoms with Gasteiger partial charge in [0.1, 0.15) is 5.82 Å². The molecule has 0 radical (unpaired) electrons. The van der Waals surface area contributed by atoms with Gasteiger partial charge in [0.05, 0.1) is 4.90 Å². The van der Waals surface area contributed by atoms with Gasteiger partial charge in [-0.3, -0.25) is 4.90 Å². The molecule has 1 saturated heterocycles. The van der Waals surface area contributed by atoms with Gasteiger partial charge in [-0.15, -0.1) is 0 Å². The summed E-state index contributed by atoms with van der Waals surface area (Å²) in [4.78, 5) is 6.85. The fourth-order valence-electron chi connectivity index (χ4n) is 4.27. The van der Waals surface area contributed by atoms with Gasteiger partial charge in [0.25, 0.3) is 0 Å². The Balaban J connectivity index is 1.51. The second kappa shape index (κ2) is 10.5. The number of rotatable bonds is 8. The van der Waals surface area contributed by atoms with Crippen LogP contribution in [0.2, 0.25) is 0 Å². The minimum Gasteiger partial charge on any atom is -0.378 e. The van der Waals surface area contributed by atoms with E-state index in [0.29, 0.717) is 0 Å². The van der Waals surface area contributed by atoms with Crippen LogP contribution in [0.25, 0.3) is 0 Å². The Kier molecular flexibility index (Phi) is 7.50. The number of halogens is 1. The summed E-state index contributed by atoms with van der Waals surface area (Å²) in [6.45, 7) is 3.37. The molecule has 1 N–H and O–H groups in total. The lowest BCUT2D eigenvalue weighted by Crippen LogP contribution is -2.49. The third-order valence-corrected chi connectivity index (χ3v) is 7.70. The number of sulfonamides is 1. The van der Waals surface area contributed by atoms with E-state index < -0.39 is 10.0 Å². The van der Waals surface area contributed by atoms with Crippen LogP contribution in [0.1, 0.15) is 11.6 Å². The Morgan fingerprint density at radius 1 is 0.882 bits per heavy atom. The first kappa shape index (κ1) is 24.2. The van der Waals surface area contributed by atoms with E-state index in [0.717, 1.165) is 43.1 Å². The summed E-state index contributed by atoms with van der Waals surface area (Å²) in [7, 11) is 0.378. The molecule has 180 valence electrons. The number of hydrogen-bond acceptors (Lipinski definition) is 5. The molecule has 0 aromatic heterocycles. The van der Waals surface area contributed by atoms with Crippen LogP contribution in [0.5, 0.6) is 0 Å². The van der Waals surface area contributed by atoms with Crippen LogP contribution in [-0.2, 0) is 10.0 Å². The summed E-state index contributed by atoms with van der Waals surface area (Å²) in [5, 5.41) is 0. The van der Waals surface area contributed by atoms with Crippen LogP contribution in [0.4, 0.5) is 15.8 Å². The number of benzene rings is 3. The van der Waals surface area contributed by atoms with Crippen molar-refractivity contribution in [3.8, 4) is 0 Å². The van der Waals surface area contributed by atoms with Crippen molar-refractivity contribution in [1.29, 1.82) is 0 Å². The molecular formula is C26H31FN4O2S. The number of nitrogens with zero attached hydrogens (tertiary/aromatic N) is 3. The van der Waals surface area contributed by atoms with Crippen molar-refractivity contribution in [2.75, 3.05) is 56.6 Å². The van der Waals surface area contributed by atoms with Crippen LogP contribution in [0, 0.1) is 5.82 Å². The maximum absolute atomic E-state index is 13.3. The van der Waals surface area contributed by atoms with Crippen LogP contribution in [-0.4, -0.2) is 60.1 Å². The number of hydrogen-bond donors (Lipinski definition) is 1. The van der Waals surface area contributed by atoms with Crippen molar-refractivity contribution in [3.05, 3.63) is 90.2 Å². The molecule has 1 fully saturated rings. The van der Waals surface area contributed by atoms with E-state index in [1.165, 1.54) is 12.1 Å². The molecule has 1 heterocycles. The predicted octanol–water partition coefficient (Wildman–Crippen LogP) is 3.73. The average molecular weight is 483 g/mol. The second-order valence-corrected chi connectivity index (χ2v) is 10.4. The van der Waals surface area contributed by atoms with Gasteiger partial charge < -0.3 is 9.80 Å². The van der Waals surface area contributed by atoms with Crippen molar-refractivity contribution >= 4 is 21.4 Å². The van der Waals surface area contributed by atoms with Gasteiger partial charge in [0.15, 0.2) is 0 Å². The number of anilines is 2. The zero-order valence-corrected chi connectivity index (χ0v) is 20.4. The maximum atomic E-state index is 13.3. The number of nitrogens with one attached hydrogen (secondary N) is 1. The Morgan fingerprint density at radius 2 is 1.50 bits per heavy atom. The zero-order valence-electron chi connectivity index (χ0n) is 19.6. The molecule has 0 spiro atoms. The Morgan fingerprint density at radius 3 is 2.09 bits per heavy atom. The largest absolute Gasteiger partial charge is 0.378 e. The molecule has 4 rings (SSSR count). The molecule has 0 aliphatic carbocycles. The lowest BCUT2D eigenvalue weighted by Gasteiger charge is -2.40. The highest BCUT2D eigenvalue weighted by atomic mass is 32.2. The minimum absolute atomic E-state index is 0.106. The van der Waals surface area contributed by atoms with Gasteiger partial charge >= 0.3 is 0 Å². The summed E-state index contributed by atoms with van der Waals surface area (Å²) in [6.07, 6.45) is 0. The fraction of sp³-hybridized carbons (Fsp3) is 0.308. The highest BCUT2D eigenvalue weighted by Crippen LogP contribution is 2.26. The van der Waals surface area contributed by atoms with Crippen LogP contribution in [0.15, 0.2) is 83.8 Å². The van der Waals surface area contributed by atoms with Gasteiger partial charge in [-0.1, -0.05) is 30.3 Å². The molecule has 0 saturated carbocycles. The third-order valence-electron chi connectivity index (χ3n) is 6.26. The molecule has 1 aliphatic heterocycles. The SMILES string of the molecule is CN(C)c1ccc(C(CNS(=O)(=O)c2ccccc2)N2CCN(c3ccc(F)cc3)CC2)cc1. The van der Waals surface area contributed by atoms with E-state index in [2.05, 4.69) is 38.8 Å². The van der Waals surface area contributed by atoms with Crippen molar-refractivity contribution in [3.63, 3.8) is 0 Å². The van der Waals surface area contributed by atoms with Crippen molar-refractivity contribution in [2.24, 2.45) is 0 Å². The summed E-state index contributed by atoms with van der Waals surface area (Å²) >= 11 is 0. The van der Waals surface area contributed by atoms with Gasteiger partial charge in [-0.2, -0.15) is 0 Å². The third kappa shape index (κ3) is 5.75. The molecule has 1 atom stereocenters. The molecule has 3 aromatic rings. The summed E-state index contributed by atoms with van der Waals surface area (Å²) < 4.78 is 41.9. The highest BCUT2D eigenvalue weighted by Gasteiger charge is 2.27. The van der Waals surface area contributed by atoms with Gasteiger partial charge in [0, 0.05) is 64.2 Å². The molecule has 1 unspecified atom stereocenters. The molecule has 8 heteroatoms. The van der Waals surface area contributed by atoms with E-state index in [4.69, 9.17) is 0 Å². The first-order chi connectivity index (χ1) is 16.3. The van der Waals surface area contributed by atoms with Gasteiger partial charge in [-0.05, 0) is 54.1 Å². The first-order valence-electron chi connectivity index (χ1n) is 11.4. The van der Waals surface area contributed by atoms with Crippen LogP contribution < -0.4 is 14.5 Å². The maximum Gasteiger partial charge on any atom is 0.240 e. The van der Waals surface area contributed by atoms with E-state index in [1.807, 2.05) is 19.0 Å². The van der Waals surface area contributed by atoms with E-state index >= 15 is 0 Å². The lowest BCUT2D eigenvalue weighted by atomic mass is 10.0. The van der Waals surface area contributed by atoms with E-state index in [9.17, 15) is 12.8 Å². The molecule has 34 heavy (non-hydrogen) atoms. The molecule has 1 aliphatic rings. The monoisotopic (exact) mass is 482 g/mol. The Hall–Kier alpha value is -2.94. The van der Waals surface area contributed by atoms with Gasteiger partial charge in [0.2, 0.25) is 10.0 Å². The average Bonchev–Trinajstić information content (AvgIpc) is 2.86. The molecular weight excluding hydrogens is 451 g/mol. The number of piperazine rings is 1. The van der Waals surface area contributed by atoms with Crippen LogP contribution >= 0.6 is 0 Å². The first-order valence-corrected chi connectivity index (χ1v) is 12.9. The summed E-state index contributed by atoms with van der Waals surface area (Å²) in [5.41, 5.74) is 3.16. The normalized spacial score (nSPS) is 15.8. The van der Waals surface area contributed by atoms with E-state index in [-0.39, 0.29) is 23.3 Å².